The van der Waals surface area contributed by atoms with Crippen LogP contribution >= 0.6 is 31.9 Å². The van der Waals surface area contributed by atoms with Crippen molar-refractivity contribution >= 4 is 31.9 Å². The van der Waals surface area contributed by atoms with Gasteiger partial charge in [0.2, 0.25) is 0 Å². The topological polar surface area (TPSA) is 41.3 Å². The summed E-state index contributed by atoms with van der Waals surface area (Å²) in [5, 5.41) is 9.72. The zero-order chi connectivity index (χ0) is 13.4. The van der Waals surface area contributed by atoms with E-state index in [0.29, 0.717) is 0 Å². The molecule has 1 N–H and O–H groups in total. The molecule has 0 aliphatic carbocycles. The summed E-state index contributed by atoms with van der Waals surface area (Å²) in [5.74, 6) is 1.36. The summed E-state index contributed by atoms with van der Waals surface area (Å²) in [6.07, 6.45) is 3.88. The predicted molar refractivity (Wildman–Crippen MR) is 79.8 cm³/mol. The number of phenols is 1. The molecule has 2 heterocycles. The Morgan fingerprint density at radius 3 is 2.68 bits per heavy atom. The average Bonchev–Trinajstić information content (AvgIpc) is 2.83. The Hall–Kier alpha value is -0.850. The van der Waals surface area contributed by atoms with Crippen LogP contribution in [-0.2, 0) is 19.6 Å². The molecule has 1 aromatic carbocycles. The molecule has 0 saturated heterocycles. The third-order valence-electron chi connectivity index (χ3n) is 3.31. The minimum Gasteiger partial charge on any atom is -0.506 e. The molecule has 4 nitrogen and oxygen atoms in total. The molecule has 0 amide bonds. The molecule has 0 fully saturated rings. The largest absolute Gasteiger partial charge is 0.506 e. The fraction of sp³-hybridized carbons (Fsp3) is 0.308. The van der Waals surface area contributed by atoms with Crippen molar-refractivity contribution in [2.24, 2.45) is 0 Å². The fourth-order valence-electron chi connectivity index (χ4n) is 2.33. The lowest BCUT2D eigenvalue weighted by atomic mass is 10.2. The van der Waals surface area contributed by atoms with Crippen LogP contribution in [0.25, 0.3) is 0 Å². The normalized spacial score (nSPS) is 15.5. The molecule has 1 aliphatic rings. The average molecular weight is 387 g/mol. The monoisotopic (exact) mass is 385 g/mol. The fourth-order valence-corrected chi connectivity index (χ4v) is 3.61. The summed E-state index contributed by atoms with van der Waals surface area (Å²) in [5.41, 5.74) is 1.16. The van der Waals surface area contributed by atoms with Crippen molar-refractivity contribution in [1.82, 2.24) is 14.5 Å². The highest BCUT2D eigenvalue weighted by molar-refractivity contribution is 9.11. The zero-order valence-corrected chi connectivity index (χ0v) is 13.4. The first-order valence-electron chi connectivity index (χ1n) is 6.03. The SMILES string of the molecule is Oc1c(Br)cc(CN2CCn3ccnc3C2)cc1Br. The second-order valence-electron chi connectivity index (χ2n) is 4.66. The van der Waals surface area contributed by atoms with Crippen molar-refractivity contribution in [2.75, 3.05) is 6.54 Å². The second kappa shape index (κ2) is 5.26. The minimum atomic E-state index is 0.248. The van der Waals surface area contributed by atoms with E-state index in [0.717, 1.165) is 46.5 Å². The van der Waals surface area contributed by atoms with Gasteiger partial charge >= 0.3 is 0 Å². The number of aromatic nitrogens is 2. The van der Waals surface area contributed by atoms with Crippen LogP contribution in [0.3, 0.4) is 0 Å². The van der Waals surface area contributed by atoms with Gasteiger partial charge < -0.3 is 9.67 Å². The van der Waals surface area contributed by atoms with Gasteiger partial charge in [-0.3, -0.25) is 4.90 Å². The van der Waals surface area contributed by atoms with Gasteiger partial charge in [0.25, 0.3) is 0 Å². The number of fused-ring (bicyclic) bond motifs is 1. The molecule has 6 heteroatoms. The standard InChI is InChI=1S/C13H13Br2N3O/c14-10-5-9(6-11(15)13(10)19)7-17-3-4-18-2-1-16-12(18)8-17/h1-2,5-6,19H,3-4,7-8H2. The number of benzene rings is 1. The van der Waals surface area contributed by atoms with Crippen LogP contribution in [0.1, 0.15) is 11.4 Å². The van der Waals surface area contributed by atoms with E-state index in [4.69, 9.17) is 0 Å². The van der Waals surface area contributed by atoms with Gasteiger partial charge in [0.1, 0.15) is 11.6 Å². The molecule has 1 aromatic heterocycles. The zero-order valence-electron chi connectivity index (χ0n) is 10.2. The molecule has 1 aliphatic heterocycles. The molecule has 0 bridgehead atoms. The van der Waals surface area contributed by atoms with E-state index >= 15 is 0 Å². The summed E-state index contributed by atoms with van der Waals surface area (Å²) < 4.78 is 3.63. The van der Waals surface area contributed by atoms with Crippen LogP contribution in [-0.4, -0.2) is 26.1 Å². The highest BCUT2D eigenvalue weighted by Gasteiger charge is 2.17. The van der Waals surface area contributed by atoms with Gasteiger partial charge in [0, 0.05) is 32.0 Å². The minimum absolute atomic E-state index is 0.248. The van der Waals surface area contributed by atoms with Gasteiger partial charge in [-0.2, -0.15) is 0 Å². The van der Waals surface area contributed by atoms with Gasteiger partial charge in [0.15, 0.2) is 0 Å². The van der Waals surface area contributed by atoms with Crippen molar-refractivity contribution in [1.29, 1.82) is 0 Å². The molecule has 3 rings (SSSR count). The van der Waals surface area contributed by atoms with Crippen LogP contribution in [0.2, 0.25) is 0 Å². The van der Waals surface area contributed by atoms with Crippen molar-refractivity contribution in [3.63, 3.8) is 0 Å². The van der Waals surface area contributed by atoms with Crippen molar-refractivity contribution in [2.45, 2.75) is 19.6 Å². The Balaban J connectivity index is 1.76. The number of halogens is 2. The van der Waals surface area contributed by atoms with E-state index in [9.17, 15) is 5.11 Å². The van der Waals surface area contributed by atoms with Crippen LogP contribution in [0.15, 0.2) is 33.5 Å². The maximum Gasteiger partial charge on any atom is 0.143 e. The Morgan fingerprint density at radius 1 is 1.21 bits per heavy atom. The summed E-state index contributed by atoms with van der Waals surface area (Å²) in [7, 11) is 0. The summed E-state index contributed by atoms with van der Waals surface area (Å²) >= 11 is 6.73. The maximum absolute atomic E-state index is 9.72. The van der Waals surface area contributed by atoms with Crippen LogP contribution in [0.4, 0.5) is 0 Å². The first-order chi connectivity index (χ1) is 9.13. The third kappa shape index (κ3) is 2.70. The Bertz CT molecular complexity index is 589. The molecular weight excluding hydrogens is 374 g/mol. The molecule has 0 unspecified atom stereocenters. The Labute approximate surface area is 128 Å². The van der Waals surface area contributed by atoms with Crippen molar-refractivity contribution in [3.8, 4) is 5.75 Å². The van der Waals surface area contributed by atoms with E-state index in [1.54, 1.807) is 0 Å². The molecule has 100 valence electrons. The van der Waals surface area contributed by atoms with E-state index in [2.05, 4.69) is 46.3 Å². The highest BCUT2D eigenvalue weighted by Crippen LogP contribution is 2.33. The summed E-state index contributed by atoms with van der Waals surface area (Å²) in [4.78, 5) is 6.72. The predicted octanol–water partition coefficient (Wildman–Crippen LogP) is 3.13. The third-order valence-corrected chi connectivity index (χ3v) is 4.52. The first-order valence-corrected chi connectivity index (χ1v) is 7.61. The molecule has 0 spiro atoms. The number of phenolic OH excluding ortho intramolecular Hbond substituents is 1. The van der Waals surface area contributed by atoms with Gasteiger partial charge in [-0.05, 0) is 49.6 Å². The quantitative estimate of drug-likeness (QED) is 0.861. The van der Waals surface area contributed by atoms with E-state index in [-0.39, 0.29) is 5.75 Å². The number of hydrogen-bond acceptors (Lipinski definition) is 3. The van der Waals surface area contributed by atoms with Gasteiger partial charge in [-0.25, -0.2) is 4.98 Å². The lowest BCUT2D eigenvalue weighted by Crippen LogP contribution is -2.33. The molecular formula is C13H13Br2N3O. The number of imidazole rings is 1. The lowest BCUT2D eigenvalue weighted by Gasteiger charge is -2.27. The van der Waals surface area contributed by atoms with E-state index < -0.39 is 0 Å². The van der Waals surface area contributed by atoms with Crippen molar-refractivity contribution < 1.29 is 5.11 Å². The number of hydrogen-bond donors (Lipinski definition) is 1. The van der Waals surface area contributed by atoms with Crippen LogP contribution in [0, 0.1) is 0 Å². The number of rotatable bonds is 2. The summed E-state index contributed by atoms with van der Waals surface area (Å²) in [6, 6.07) is 3.92. The molecule has 0 radical (unpaired) electrons. The number of nitrogens with zero attached hydrogens (tertiary/aromatic N) is 3. The maximum atomic E-state index is 9.72. The Kier molecular flexibility index (Phi) is 3.64. The van der Waals surface area contributed by atoms with Gasteiger partial charge in [-0.15, -0.1) is 0 Å². The summed E-state index contributed by atoms with van der Waals surface area (Å²) in [6.45, 7) is 3.71. The first kappa shape index (κ1) is 13.1. The van der Waals surface area contributed by atoms with E-state index in [1.807, 2.05) is 24.5 Å². The molecule has 2 aromatic rings. The molecule has 0 atom stereocenters. The molecule has 0 saturated carbocycles. The lowest BCUT2D eigenvalue weighted by molar-refractivity contribution is 0.208. The smallest absolute Gasteiger partial charge is 0.143 e. The van der Waals surface area contributed by atoms with Gasteiger partial charge in [-0.1, -0.05) is 0 Å². The van der Waals surface area contributed by atoms with Crippen LogP contribution in [0.5, 0.6) is 5.75 Å². The number of aromatic hydroxyl groups is 1. The van der Waals surface area contributed by atoms with Crippen LogP contribution < -0.4 is 0 Å². The van der Waals surface area contributed by atoms with Crippen molar-refractivity contribution in [3.05, 3.63) is 44.9 Å². The highest BCUT2D eigenvalue weighted by atomic mass is 79.9. The Morgan fingerprint density at radius 2 is 1.95 bits per heavy atom. The van der Waals surface area contributed by atoms with Gasteiger partial charge in [0.05, 0.1) is 15.5 Å². The second-order valence-corrected chi connectivity index (χ2v) is 6.36. The van der Waals surface area contributed by atoms with E-state index in [1.165, 1.54) is 0 Å². The molecule has 19 heavy (non-hydrogen) atoms.